The fraction of sp³-hybridized carbons (Fsp3) is 0.333. The summed E-state index contributed by atoms with van der Waals surface area (Å²) in [4.78, 5) is 36.8. The number of rotatable bonds is 2. The molecule has 0 aromatic heterocycles. The maximum Gasteiger partial charge on any atom is 0.271 e. The van der Waals surface area contributed by atoms with E-state index in [0.717, 1.165) is 11.0 Å². The average Bonchev–Trinajstić information content (AvgIpc) is 3.09. The second-order valence-electron chi connectivity index (χ2n) is 6.03. The summed E-state index contributed by atoms with van der Waals surface area (Å²) >= 11 is 6.08. The third-order valence-corrected chi connectivity index (χ3v) is 5.03. The van der Waals surface area contributed by atoms with E-state index in [-0.39, 0.29) is 16.4 Å². The number of fused-ring (bicyclic) bond motifs is 5. The first kappa shape index (κ1) is 14.3. The van der Waals surface area contributed by atoms with E-state index in [9.17, 15) is 19.7 Å². The van der Waals surface area contributed by atoms with Gasteiger partial charge in [0, 0.05) is 12.1 Å². The highest BCUT2D eigenvalue weighted by Crippen LogP contribution is 2.52. The number of imide groups is 1. The van der Waals surface area contributed by atoms with E-state index in [4.69, 9.17) is 16.3 Å². The maximum atomic E-state index is 12.8. The van der Waals surface area contributed by atoms with Gasteiger partial charge in [0.15, 0.2) is 0 Å². The Hall–Kier alpha value is -2.25. The first-order chi connectivity index (χ1) is 10.8. The Morgan fingerprint density at radius 2 is 2.09 bits per heavy atom. The summed E-state index contributed by atoms with van der Waals surface area (Å²) < 4.78 is 5.72. The van der Waals surface area contributed by atoms with Gasteiger partial charge in [0.1, 0.15) is 0 Å². The van der Waals surface area contributed by atoms with Crippen molar-refractivity contribution in [3.63, 3.8) is 0 Å². The monoisotopic (exact) mass is 334 g/mol. The molecule has 0 N–H and O–H groups in total. The molecule has 0 unspecified atom stereocenters. The van der Waals surface area contributed by atoms with E-state index in [1.165, 1.54) is 12.1 Å². The fourth-order valence-electron chi connectivity index (χ4n) is 3.68. The van der Waals surface area contributed by atoms with E-state index >= 15 is 0 Å². The van der Waals surface area contributed by atoms with Crippen LogP contribution in [0.4, 0.5) is 11.4 Å². The smallest absolute Gasteiger partial charge is 0.271 e. The molecule has 4 rings (SSSR count). The highest BCUT2D eigenvalue weighted by molar-refractivity contribution is 6.36. The SMILES string of the molecule is C[C@]12C=C[C@H](O1)[C@@H]1C(=O)N(c3cc([N+](=O)[O-])ccc3Cl)C(=O)[C@@H]12. The van der Waals surface area contributed by atoms with Gasteiger partial charge in [-0.3, -0.25) is 19.7 Å². The minimum atomic E-state index is -0.815. The van der Waals surface area contributed by atoms with Crippen LogP contribution in [-0.4, -0.2) is 28.4 Å². The van der Waals surface area contributed by atoms with Gasteiger partial charge >= 0.3 is 0 Å². The first-order valence-electron chi connectivity index (χ1n) is 7.02. The van der Waals surface area contributed by atoms with Crippen LogP contribution in [0.2, 0.25) is 5.02 Å². The molecule has 0 saturated carbocycles. The van der Waals surface area contributed by atoms with Gasteiger partial charge in [0.25, 0.3) is 5.69 Å². The van der Waals surface area contributed by atoms with Crippen LogP contribution in [0.5, 0.6) is 0 Å². The van der Waals surface area contributed by atoms with Crippen molar-refractivity contribution in [1.29, 1.82) is 0 Å². The number of carbonyl (C=O) groups excluding carboxylic acids is 2. The van der Waals surface area contributed by atoms with E-state index in [2.05, 4.69) is 0 Å². The molecule has 2 bridgehead atoms. The molecule has 2 saturated heterocycles. The van der Waals surface area contributed by atoms with Gasteiger partial charge in [-0.1, -0.05) is 23.8 Å². The van der Waals surface area contributed by atoms with Crippen LogP contribution in [0.3, 0.4) is 0 Å². The number of amides is 2. The normalized spacial score (nSPS) is 34.3. The summed E-state index contributed by atoms with van der Waals surface area (Å²) in [6, 6.07) is 3.69. The van der Waals surface area contributed by atoms with Crippen molar-refractivity contribution < 1.29 is 19.2 Å². The summed E-state index contributed by atoms with van der Waals surface area (Å²) in [7, 11) is 0. The Balaban J connectivity index is 1.81. The first-order valence-corrected chi connectivity index (χ1v) is 7.40. The number of carbonyl (C=O) groups is 2. The molecule has 4 atom stereocenters. The minimum Gasteiger partial charge on any atom is -0.362 e. The van der Waals surface area contributed by atoms with Crippen LogP contribution < -0.4 is 4.90 Å². The third kappa shape index (κ3) is 1.74. The number of nitro benzene ring substituents is 1. The number of halogens is 1. The van der Waals surface area contributed by atoms with Crippen molar-refractivity contribution in [2.75, 3.05) is 4.90 Å². The molecule has 0 aliphatic carbocycles. The Kier molecular flexibility index (Phi) is 2.74. The van der Waals surface area contributed by atoms with Gasteiger partial charge in [-0.15, -0.1) is 0 Å². The molecule has 2 amide bonds. The van der Waals surface area contributed by atoms with Crippen molar-refractivity contribution in [2.24, 2.45) is 11.8 Å². The summed E-state index contributed by atoms with van der Waals surface area (Å²) in [6.07, 6.45) is 3.14. The maximum absolute atomic E-state index is 12.8. The average molecular weight is 335 g/mol. The Morgan fingerprint density at radius 1 is 1.35 bits per heavy atom. The van der Waals surface area contributed by atoms with E-state index in [1.54, 1.807) is 19.1 Å². The molecule has 1 aromatic carbocycles. The largest absolute Gasteiger partial charge is 0.362 e. The standard InChI is InChI=1S/C15H11ClN2O5/c1-15-5-4-10(23-15)11-12(15)14(20)17(13(11)19)9-6-7(18(21)22)2-3-8(9)16/h2-6,10-12H,1H3/t10-,11-,12+,15+/m0/s1. The van der Waals surface area contributed by atoms with Crippen molar-refractivity contribution in [2.45, 2.75) is 18.6 Å². The van der Waals surface area contributed by atoms with Gasteiger partial charge < -0.3 is 4.74 Å². The van der Waals surface area contributed by atoms with E-state index in [1.807, 2.05) is 0 Å². The Morgan fingerprint density at radius 3 is 2.74 bits per heavy atom. The van der Waals surface area contributed by atoms with Crippen LogP contribution in [0.1, 0.15) is 6.92 Å². The lowest BCUT2D eigenvalue weighted by molar-refractivity contribution is -0.384. The van der Waals surface area contributed by atoms with Crippen LogP contribution in [0, 0.1) is 22.0 Å². The van der Waals surface area contributed by atoms with Crippen molar-refractivity contribution in [3.05, 3.63) is 45.5 Å². The van der Waals surface area contributed by atoms with Crippen LogP contribution in [-0.2, 0) is 14.3 Å². The van der Waals surface area contributed by atoms with Gasteiger partial charge in [-0.2, -0.15) is 0 Å². The molecule has 0 radical (unpaired) electrons. The number of non-ortho nitro benzene ring substituents is 1. The zero-order chi connectivity index (χ0) is 16.5. The topological polar surface area (TPSA) is 89.8 Å². The lowest BCUT2D eigenvalue weighted by Crippen LogP contribution is -2.38. The van der Waals surface area contributed by atoms with Crippen LogP contribution in [0.15, 0.2) is 30.4 Å². The molecule has 3 aliphatic heterocycles. The summed E-state index contributed by atoms with van der Waals surface area (Å²) in [5, 5.41) is 11.1. The predicted octanol–water partition coefficient (Wildman–Crippen LogP) is 2.08. The molecule has 7 nitrogen and oxygen atoms in total. The second kappa shape index (κ2) is 4.39. The fourth-order valence-corrected chi connectivity index (χ4v) is 3.88. The third-order valence-electron chi connectivity index (χ3n) is 4.71. The molecule has 1 aromatic rings. The van der Waals surface area contributed by atoms with E-state index in [0.29, 0.717) is 0 Å². The quantitative estimate of drug-likeness (QED) is 0.357. The summed E-state index contributed by atoms with van der Waals surface area (Å²) in [5.74, 6) is -2.09. The molecule has 0 spiro atoms. The highest BCUT2D eigenvalue weighted by Gasteiger charge is 2.66. The lowest BCUT2D eigenvalue weighted by Gasteiger charge is -2.24. The highest BCUT2D eigenvalue weighted by atomic mass is 35.5. The molecule has 118 valence electrons. The molecule has 8 heteroatoms. The molecule has 23 heavy (non-hydrogen) atoms. The summed E-state index contributed by atoms with van der Waals surface area (Å²) in [5.41, 5.74) is -0.997. The molecule has 3 aliphatic rings. The van der Waals surface area contributed by atoms with Crippen molar-refractivity contribution in [1.82, 2.24) is 0 Å². The molecular formula is C15H11ClN2O5. The second-order valence-corrected chi connectivity index (χ2v) is 6.44. The number of nitro groups is 1. The molecule has 2 fully saturated rings. The zero-order valence-corrected chi connectivity index (χ0v) is 12.7. The molecule has 3 heterocycles. The van der Waals surface area contributed by atoms with Crippen LogP contribution >= 0.6 is 11.6 Å². The number of ether oxygens (including phenoxy) is 1. The predicted molar refractivity (Wildman–Crippen MR) is 80.0 cm³/mol. The number of hydrogen-bond donors (Lipinski definition) is 0. The minimum absolute atomic E-state index is 0.0493. The van der Waals surface area contributed by atoms with Crippen LogP contribution in [0.25, 0.3) is 0 Å². The number of hydrogen-bond acceptors (Lipinski definition) is 5. The Labute approximate surface area is 135 Å². The number of nitrogens with zero attached hydrogens (tertiary/aromatic N) is 2. The number of benzene rings is 1. The van der Waals surface area contributed by atoms with Gasteiger partial charge in [-0.25, -0.2) is 4.90 Å². The summed E-state index contributed by atoms with van der Waals surface area (Å²) in [6.45, 7) is 1.76. The van der Waals surface area contributed by atoms with Crippen molar-refractivity contribution in [3.8, 4) is 0 Å². The van der Waals surface area contributed by atoms with Gasteiger partial charge in [-0.05, 0) is 13.0 Å². The van der Waals surface area contributed by atoms with Gasteiger partial charge in [0.05, 0.1) is 39.2 Å². The Bertz CT molecular complexity index is 807. The number of anilines is 1. The van der Waals surface area contributed by atoms with E-state index < -0.39 is 40.3 Å². The lowest BCUT2D eigenvalue weighted by atomic mass is 9.78. The van der Waals surface area contributed by atoms with Gasteiger partial charge in [0.2, 0.25) is 11.8 Å². The molecular weight excluding hydrogens is 324 g/mol. The zero-order valence-electron chi connectivity index (χ0n) is 11.9. The van der Waals surface area contributed by atoms with Crippen molar-refractivity contribution >= 4 is 34.8 Å².